The number of halogens is 1. The lowest BCUT2D eigenvalue weighted by molar-refractivity contribution is -0.172. The number of pyridine rings is 2. The van der Waals surface area contributed by atoms with Crippen molar-refractivity contribution in [2.75, 3.05) is 45.9 Å². The lowest BCUT2D eigenvalue weighted by Gasteiger charge is -2.31. The average molecular weight is 1190 g/mol. The van der Waals surface area contributed by atoms with E-state index in [0.29, 0.717) is 57.4 Å². The summed E-state index contributed by atoms with van der Waals surface area (Å²) in [6, 6.07) is 7.97. The zero-order valence-corrected chi connectivity index (χ0v) is 48.0. The molecule has 0 saturated carbocycles. The summed E-state index contributed by atoms with van der Waals surface area (Å²) >= 11 is 0. The Morgan fingerprint density at radius 1 is 0.814 bits per heavy atom. The normalized spacial score (nSPS) is 17.1. The predicted octanol–water partition coefficient (Wildman–Crippen LogP) is -0.239. The molecule has 2 aromatic heterocycles. The molecule has 1 aliphatic carbocycles. The highest BCUT2D eigenvalue weighted by Gasteiger charge is 2.46. The summed E-state index contributed by atoms with van der Waals surface area (Å²) in [5.41, 5.74) is 0.423. The first kappa shape index (κ1) is 62.8. The van der Waals surface area contributed by atoms with Gasteiger partial charge in [-0.1, -0.05) is 37.3 Å². The number of imide groups is 1. The van der Waals surface area contributed by atoms with Gasteiger partial charge in [0.15, 0.2) is 5.60 Å². The third-order valence-electron chi connectivity index (χ3n) is 14.9. The molecule has 0 saturated heterocycles. The molecule has 3 aliphatic heterocycles. The second-order valence-electron chi connectivity index (χ2n) is 22.0. The molecule has 4 aromatic rings. The quantitative estimate of drug-likeness (QED) is 0.0212. The summed E-state index contributed by atoms with van der Waals surface area (Å²) in [4.78, 5) is 161. The number of hydrogen-bond donors (Lipinski definition) is 8. The van der Waals surface area contributed by atoms with Crippen LogP contribution in [0.4, 0.5) is 4.39 Å². The van der Waals surface area contributed by atoms with Crippen molar-refractivity contribution in [2.45, 2.75) is 122 Å². The molecule has 27 heteroatoms. The second-order valence-corrected chi connectivity index (χ2v) is 22.0. The van der Waals surface area contributed by atoms with Crippen LogP contribution in [0.5, 0.6) is 0 Å². The number of aromatic nitrogens is 2. The number of aliphatic hydroxyl groups is 1. The monoisotopic (exact) mass is 1190 g/mol. The maximum absolute atomic E-state index is 15.5. The van der Waals surface area contributed by atoms with Gasteiger partial charge in [0.1, 0.15) is 30.1 Å². The van der Waals surface area contributed by atoms with E-state index in [9.17, 15) is 62.6 Å². The first-order valence-corrected chi connectivity index (χ1v) is 28.0. The molecule has 2 aromatic carbocycles. The standard InChI is InChI=1S/C59H67FN10O16/c1-6-59(83)36-23-42-53-34(29-70(42)56(81)35(36)30-85-57(59)82)52-38(13-12-33-31(2)37(60)24-39(68-53)51(33)52)65-47(75)28-64-54(79)40(22-32-10-8-7-9-11-32)67-46(74)27-62-45(73)26-63-55(80)41(25-50(78)86-58(3,4)5)66-44(72)17-20-84-21-18-61-43(71)16-19-69-48(76)14-15-49(69)77/h7-11,14-15,23-24,38,40-41,83H,6,12-13,16-22,25-30H2,1-5H3,(H,61,71)(H,62,73)(H,63,80)(H,64,79)(H,65,75)(H,66,72)(H,67,74)/t38-,40-,41-,59-/m0/s1. The van der Waals surface area contributed by atoms with Crippen LogP contribution in [0, 0.1) is 12.7 Å². The highest BCUT2D eigenvalue weighted by Crippen LogP contribution is 2.46. The molecule has 0 radical (unpaired) electrons. The Morgan fingerprint density at radius 3 is 2.19 bits per heavy atom. The molecule has 9 amide bonds. The average Bonchev–Trinajstić information content (AvgIpc) is 1.46. The summed E-state index contributed by atoms with van der Waals surface area (Å²) < 4.78 is 32.9. The van der Waals surface area contributed by atoms with Crippen LogP contribution in [0.1, 0.15) is 105 Å². The van der Waals surface area contributed by atoms with Crippen molar-refractivity contribution in [1.82, 2.24) is 51.7 Å². The highest BCUT2D eigenvalue weighted by atomic mass is 19.1. The molecule has 0 spiro atoms. The number of aryl methyl sites for hydroxylation is 1. The third-order valence-corrected chi connectivity index (χ3v) is 14.9. The van der Waals surface area contributed by atoms with Crippen molar-refractivity contribution in [3.05, 3.63) is 110 Å². The van der Waals surface area contributed by atoms with Gasteiger partial charge in [-0.2, -0.15) is 0 Å². The summed E-state index contributed by atoms with van der Waals surface area (Å²) in [6.45, 7) is 5.54. The number of nitrogens with zero attached hydrogens (tertiary/aromatic N) is 3. The fourth-order valence-corrected chi connectivity index (χ4v) is 10.6. The van der Waals surface area contributed by atoms with E-state index < -0.39 is 132 Å². The van der Waals surface area contributed by atoms with Gasteiger partial charge >= 0.3 is 11.9 Å². The van der Waals surface area contributed by atoms with Crippen molar-refractivity contribution >= 4 is 76.0 Å². The van der Waals surface area contributed by atoms with Crippen LogP contribution >= 0.6 is 0 Å². The number of hydrogen-bond acceptors (Lipinski definition) is 17. The maximum Gasteiger partial charge on any atom is 0.343 e. The van der Waals surface area contributed by atoms with Gasteiger partial charge in [-0.15, -0.1) is 0 Å². The molecule has 8 N–H and O–H groups in total. The minimum absolute atomic E-state index is 0.00277. The van der Waals surface area contributed by atoms with Crippen LogP contribution in [0.2, 0.25) is 0 Å². The van der Waals surface area contributed by atoms with Gasteiger partial charge < -0.3 is 61.1 Å². The molecule has 4 aliphatic rings. The summed E-state index contributed by atoms with van der Waals surface area (Å²) in [7, 11) is 0. The Labute approximate surface area is 491 Å². The number of cyclic esters (lactones) is 1. The molecule has 456 valence electrons. The fourth-order valence-electron chi connectivity index (χ4n) is 10.6. The van der Waals surface area contributed by atoms with E-state index in [1.54, 1.807) is 71.0 Å². The molecule has 86 heavy (non-hydrogen) atoms. The lowest BCUT2D eigenvalue weighted by atomic mass is 9.81. The van der Waals surface area contributed by atoms with Crippen molar-refractivity contribution < 1.29 is 76.4 Å². The molecular weight excluding hydrogens is 1120 g/mol. The molecule has 0 bridgehead atoms. The van der Waals surface area contributed by atoms with E-state index >= 15 is 4.39 Å². The Hall–Kier alpha value is -9.24. The van der Waals surface area contributed by atoms with Gasteiger partial charge in [0.25, 0.3) is 17.4 Å². The van der Waals surface area contributed by atoms with Gasteiger partial charge in [-0.05, 0) is 75.3 Å². The molecule has 5 heterocycles. The van der Waals surface area contributed by atoms with Crippen LogP contribution in [-0.2, 0) is 98.5 Å². The minimum atomic E-state index is -2.09. The number of nitrogens with one attached hydrogen (secondary N) is 7. The van der Waals surface area contributed by atoms with Crippen LogP contribution in [-0.4, -0.2) is 148 Å². The Kier molecular flexibility index (Phi) is 19.5. The number of carbonyl (C=O) groups is 11. The van der Waals surface area contributed by atoms with E-state index in [2.05, 4.69) is 37.2 Å². The van der Waals surface area contributed by atoms with Gasteiger partial charge in [0.2, 0.25) is 41.4 Å². The Morgan fingerprint density at radius 2 is 1.49 bits per heavy atom. The van der Waals surface area contributed by atoms with Crippen molar-refractivity contribution in [3.63, 3.8) is 0 Å². The minimum Gasteiger partial charge on any atom is -0.460 e. The maximum atomic E-state index is 15.5. The van der Waals surface area contributed by atoms with Crippen molar-refractivity contribution in [1.29, 1.82) is 0 Å². The summed E-state index contributed by atoms with van der Waals surface area (Å²) in [6.07, 6.45) is 1.73. The van der Waals surface area contributed by atoms with E-state index in [-0.39, 0.29) is 81.8 Å². The number of amides is 9. The van der Waals surface area contributed by atoms with Crippen LogP contribution in [0.25, 0.3) is 22.3 Å². The number of rotatable bonds is 25. The zero-order chi connectivity index (χ0) is 62.2. The van der Waals surface area contributed by atoms with Gasteiger partial charge in [0, 0.05) is 67.1 Å². The largest absolute Gasteiger partial charge is 0.460 e. The topological polar surface area (TPSA) is 358 Å². The molecule has 4 atom stereocenters. The molecule has 26 nitrogen and oxygen atoms in total. The second kappa shape index (κ2) is 26.8. The highest BCUT2D eigenvalue weighted by molar-refractivity contribution is 6.13. The van der Waals surface area contributed by atoms with Gasteiger partial charge in [-0.25, -0.2) is 14.2 Å². The number of carbonyl (C=O) groups excluding carboxylic acids is 11. The summed E-state index contributed by atoms with van der Waals surface area (Å²) in [5, 5.41) is 29.9. The number of fused-ring (bicyclic) bond motifs is 5. The predicted molar refractivity (Wildman–Crippen MR) is 301 cm³/mol. The fraction of sp³-hybridized carbons (Fsp3) is 0.441. The zero-order valence-electron chi connectivity index (χ0n) is 48.0. The molecular formula is C59H67FN10O16. The van der Waals surface area contributed by atoms with E-state index in [4.69, 9.17) is 19.2 Å². The number of ether oxygens (including phenoxy) is 3. The van der Waals surface area contributed by atoms with E-state index in [1.165, 1.54) is 10.6 Å². The third kappa shape index (κ3) is 14.6. The van der Waals surface area contributed by atoms with E-state index in [0.717, 1.165) is 17.1 Å². The number of benzene rings is 2. The molecule has 0 unspecified atom stereocenters. The Balaban J connectivity index is 0.848. The first-order chi connectivity index (χ1) is 40.8. The first-order valence-electron chi connectivity index (χ1n) is 28.0. The van der Waals surface area contributed by atoms with Crippen molar-refractivity contribution in [2.24, 2.45) is 0 Å². The van der Waals surface area contributed by atoms with Crippen molar-refractivity contribution in [3.8, 4) is 11.4 Å². The van der Waals surface area contributed by atoms with Gasteiger partial charge in [0.05, 0.1) is 74.3 Å². The summed E-state index contributed by atoms with van der Waals surface area (Å²) in [5.74, 6) is -8.41. The lowest BCUT2D eigenvalue weighted by Crippen LogP contribution is -2.53. The SMILES string of the molecule is CC[C@@]1(O)C(=O)OCc2c1cc1n(c2=O)Cc2c-1nc1cc(F)c(C)c3c1c2[C@@H](NC(=O)CNC(=O)[C@H](Cc1ccccc1)NC(=O)CNC(=O)CNC(=O)[C@H](CC(=O)OC(C)(C)C)NC(=O)CCOCCNC(=O)CCN1C(=O)C=CC1=O)CC3. The number of esters is 2. The van der Waals surface area contributed by atoms with Crippen LogP contribution < -0.4 is 42.8 Å². The molecule has 0 fully saturated rings. The Bertz CT molecular complexity index is 3510. The smallest absolute Gasteiger partial charge is 0.343 e. The van der Waals surface area contributed by atoms with Gasteiger partial charge in [-0.3, -0.25) is 57.6 Å². The van der Waals surface area contributed by atoms with Crippen LogP contribution in [0.15, 0.2) is 59.4 Å². The molecule has 8 rings (SSSR count). The van der Waals surface area contributed by atoms with Crippen LogP contribution in [0.3, 0.4) is 0 Å². The van der Waals surface area contributed by atoms with E-state index in [1.807, 2.05) is 0 Å².